The van der Waals surface area contributed by atoms with Crippen LogP contribution in [0.25, 0.3) is 0 Å². The summed E-state index contributed by atoms with van der Waals surface area (Å²) in [5, 5.41) is 13.3. The van der Waals surface area contributed by atoms with Gasteiger partial charge in [0.2, 0.25) is 0 Å². The van der Waals surface area contributed by atoms with Crippen molar-refractivity contribution in [1.82, 2.24) is 0 Å². The molecule has 2 N–H and O–H groups in total. The molecule has 94 valence electrons. The summed E-state index contributed by atoms with van der Waals surface area (Å²) >= 11 is 11.7. The van der Waals surface area contributed by atoms with Crippen molar-refractivity contribution < 1.29 is 9.84 Å². The molecule has 0 aliphatic carbocycles. The van der Waals surface area contributed by atoms with Gasteiger partial charge in [0.15, 0.2) is 5.75 Å². The van der Waals surface area contributed by atoms with Gasteiger partial charge < -0.3 is 15.2 Å². The number of hydrogen-bond acceptors (Lipinski definition) is 3. The lowest BCUT2D eigenvalue weighted by molar-refractivity contribution is 0.183. The zero-order valence-electron chi connectivity index (χ0n) is 9.54. The molecule has 1 aliphatic rings. The topological polar surface area (TPSA) is 41.5 Å². The summed E-state index contributed by atoms with van der Waals surface area (Å²) in [5.41, 5.74) is 0.817. The molecule has 0 saturated carbocycles. The van der Waals surface area contributed by atoms with Gasteiger partial charge in [-0.1, -0.05) is 23.2 Å². The molecule has 1 aliphatic heterocycles. The first-order valence-electron chi connectivity index (χ1n) is 5.60. The maximum absolute atomic E-state index is 9.46. The molecule has 0 amide bonds. The molecule has 3 nitrogen and oxygen atoms in total. The number of benzene rings is 1. The Hall–Kier alpha value is -0.640. The number of halogens is 2. The van der Waals surface area contributed by atoms with Crippen LogP contribution in [-0.4, -0.2) is 24.4 Å². The summed E-state index contributed by atoms with van der Waals surface area (Å²) in [5.74, 6) is 0.428. The highest BCUT2D eigenvalue weighted by Gasteiger charge is 2.22. The predicted octanol–water partition coefficient (Wildman–Crippen LogP) is 3.54. The molecule has 1 saturated heterocycles. The molecule has 17 heavy (non-hydrogen) atoms. The molecule has 0 bridgehead atoms. The highest BCUT2D eigenvalue weighted by molar-refractivity contribution is 6.37. The van der Waals surface area contributed by atoms with Crippen molar-refractivity contribution >= 4 is 28.9 Å². The zero-order valence-corrected chi connectivity index (χ0v) is 11.1. The summed E-state index contributed by atoms with van der Waals surface area (Å²) in [4.78, 5) is 0. The molecule has 0 spiro atoms. The quantitative estimate of drug-likeness (QED) is 0.830. The highest BCUT2D eigenvalue weighted by atomic mass is 35.5. The number of ether oxygens (including phenoxy) is 1. The van der Waals surface area contributed by atoms with Crippen LogP contribution in [0.2, 0.25) is 10.0 Å². The number of phenolic OH excluding ortho intramolecular Hbond substituents is 1. The second kappa shape index (κ2) is 5.34. The van der Waals surface area contributed by atoms with E-state index in [1.54, 1.807) is 12.1 Å². The SMILES string of the molecule is CC(Nc1cc(Cl)c(O)c(Cl)c1)C1CCOC1. The largest absolute Gasteiger partial charge is 0.505 e. The Labute approximate surface area is 111 Å². The lowest BCUT2D eigenvalue weighted by Crippen LogP contribution is -2.26. The summed E-state index contributed by atoms with van der Waals surface area (Å²) in [7, 11) is 0. The maximum Gasteiger partial charge on any atom is 0.152 e. The van der Waals surface area contributed by atoms with Gasteiger partial charge in [0, 0.05) is 24.3 Å². The van der Waals surface area contributed by atoms with E-state index in [9.17, 15) is 5.11 Å². The maximum atomic E-state index is 9.46. The average Bonchev–Trinajstić information content (AvgIpc) is 2.79. The Morgan fingerprint density at radius 2 is 2.06 bits per heavy atom. The molecule has 1 fully saturated rings. The molecular formula is C12H15Cl2NO2. The fraction of sp³-hybridized carbons (Fsp3) is 0.500. The summed E-state index contributed by atoms with van der Waals surface area (Å²) in [6, 6.07) is 3.64. The van der Waals surface area contributed by atoms with Gasteiger partial charge in [-0.05, 0) is 25.5 Å². The van der Waals surface area contributed by atoms with E-state index in [4.69, 9.17) is 27.9 Å². The molecular weight excluding hydrogens is 261 g/mol. The van der Waals surface area contributed by atoms with Crippen LogP contribution in [0.1, 0.15) is 13.3 Å². The van der Waals surface area contributed by atoms with Crippen LogP contribution in [0.5, 0.6) is 5.75 Å². The Bertz CT molecular complexity index is 382. The van der Waals surface area contributed by atoms with Crippen molar-refractivity contribution in [3.63, 3.8) is 0 Å². The van der Waals surface area contributed by atoms with E-state index >= 15 is 0 Å². The van der Waals surface area contributed by atoms with Gasteiger partial charge in [-0.2, -0.15) is 0 Å². The van der Waals surface area contributed by atoms with E-state index in [2.05, 4.69) is 12.2 Å². The van der Waals surface area contributed by atoms with Crippen LogP contribution < -0.4 is 5.32 Å². The van der Waals surface area contributed by atoms with E-state index in [0.29, 0.717) is 5.92 Å². The fourth-order valence-corrected chi connectivity index (χ4v) is 2.46. The Morgan fingerprint density at radius 1 is 1.41 bits per heavy atom. The summed E-state index contributed by atoms with van der Waals surface area (Å²) in [6.07, 6.45) is 1.06. The van der Waals surface area contributed by atoms with Gasteiger partial charge >= 0.3 is 0 Å². The molecule has 0 aromatic heterocycles. The first kappa shape index (κ1) is 12.8. The van der Waals surface area contributed by atoms with Gasteiger partial charge in [0.1, 0.15) is 0 Å². The van der Waals surface area contributed by atoms with E-state index in [-0.39, 0.29) is 21.8 Å². The van der Waals surface area contributed by atoms with Crippen LogP contribution in [0.4, 0.5) is 5.69 Å². The van der Waals surface area contributed by atoms with E-state index in [0.717, 1.165) is 25.3 Å². The molecule has 2 rings (SSSR count). The molecule has 1 aromatic rings. The van der Waals surface area contributed by atoms with Crippen LogP contribution in [0, 0.1) is 5.92 Å². The Morgan fingerprint density at radius 3 is 2.59 bits per heavy atom. The Balaban J connectivity index is 2.07. The smallest absolute Gasteiger partial charge is 0.152 e. The van der Waals surface area contributed by atoms with Gasteiger partial charge in [-0.25, -0.2) is 0 Å². The molecule has 0 radical (unpaired) electrons. The number of hydrogen-bond donors (Lipinski definition) is 2. The fourth-order valence-electron chi connectivity index (χ4n) is 1.98. The second-order valence-electron chi connectivity index (χ2n) is 4.35. The van der Waals surface area contributed by atoms with Crippen LogP contribution in [-0.2, 0) is 4.74 Å². The van der Waals surface area contributed by atoms with Crippen LogP contribution >= 0.6 is 23.2 Å². The monoisotopic (exact) mass is 275 g/mol. The zero-order chi connectivity index (χ0) is 12.4. The van der Waals surface area contributed by atoms with Crippen molar-refractivity contribution in [1.29, 1.82) is 0 Å². The predicted molar refractivity (Wildman–Crippen MR) is 70.1 cm³/mol. The van der Waals surface area contributed by atoms with Crippen LogP contribution in [0.15, 0.2) is 12.1 Å². The number of anilines is 1. The standard InChI is InChI=1S/C12H15Cl2NO2/c1-7(8-2-3-17-6-8)15-9-4-10(13)12(16)11(14)5-9/h4-5,7-8,15-16H,2-3,6H2,1H3. The van der Waals surface area contributed by atoms with Crippen molar-refractivity contribution in [3.8, 4) is 5.75 Å². The third-order valence-corrected chi connectivity index (χ3v) is 3.66. The lowest BCUT2D eigenvalue weighted by Gasteiger charge is -2.21. The van der Waals surface area contributed by atoms with E-state index < -0.39 is 0 Å². The average molecular weight is 276 g/mol. The first-order valence-corrected chi connectivity index (χ1v) is 6.36. The van der Waals surface area contributed by atoms with E-state index in [1.807, 2.05) is 0 Å². The second-order valence-corrected chi connectivity index (χ2v) is 5.16. The van der Waals surface area contributed by atoms with Crippen molar-refractivity contribution in [2.45, 2.75) is 19.4 Å². The first-order chi connectivity index (χ1) is 8.08. The van der Waals surface area contributed by atoms with Gasteiger partial charge in [-0.15, -0.1) is 0 Å². The minimum Gasteiger partial charge on any atom is -0.505 e. The minimum atomic E-state index is -0.0734. The molecule has 1 aromatic carbocycles. The van der Waals surface area contributed by atoms with Gasteiger partial charge in [0.05, 0.1) is 16.7 Å². The van der Waals surface area contributed by atoms with Gasteiger partial charge in [0.25, 0.3) is 0 Å². The van der Waals surface area contributed by atoms with Crippen molar-refractivity contribution in [2.75, 3.05) is 18.5 Å². The molecule has 2 atom stereocenters. The third-order valence-electron chi connectivity index (χ3n) is 3.08. The van der Waals surface area contributed by atoms with Crippen LogP contribution in [0.3, 0.4) is 0 Å². The van der Waals surface area contributed by atoms with Gasteiger partial charge in [-0.3, -0.25) is 0 Å². The highest BCUT2D eigenvalue weighted by Crippen LogP contribution is 2.35. The number of phenols is 1. The van der Waals surface area contributed by atoms with Crippen molar-refractivity contribution in [3.05, 3.63) is 22.2 Å². The number of rotatable bonds is 3. The molecule has 1 heterocycles. The summed E-state index contributed by atoms with van der Waals surface area (Å²) < 4.78 is 5.35. The molecule has 2 unspecified atom stereocenters. The summed E-state index contributed by atoms with van der Waals surface area (Å²) in [6.45, 7) is 3.72. The lowest BCUT2D eigenvalue weighted by atomic mass is 10.0. The molecule has 5 heteroatoms. The van der Waals surface area contributed by atoms with E-state index in [1.165, 1.54) is 0 Å². The number of aromatic hydroxyl groups is 1. The number of nitrogens with one attached hydrogen (secondary N) is 1. The third kappa shape index (κ3) is 2.97. The normalized spacial score (nSPS) is 21.5. The Kier molecular flexibility index (Phi) is 4.02. The minimum absolute atomic E-state index is 0.0734. The van der Waals surface area contributed by atoms with Crippen molar-refractivity contribution in [2.24, 2.45) is 5.92 Å².